The standard InChI is InChI=1S/C19H25FN4O3S2/c20-16-5-1-2-6-17(16)24-12-10-23(11-13-24)9-4-8-21-18(25)15-22-29(26,27)19-7-3-14-28-19/h1-3,5-7,14,22H,4,8-13,15H2,(H,21,25). The molecule has 0 unspecified atom stereocenters. The van der Waals surface area contributed by atoms with Crippen molar-refractivity contribution >= 4 is 33.0 Å². The Morgan fingerprint density at radius 1 is 1.10 bits per heavy atom. The summed E-state index contributed by atoms with van der Waals surface area (Å²) in [6.45, 7) is 4.22. The normalized spacial score (nSPS) is 15.4. The Hall–Kier alpha value is -2.01. The first kappa shape index (κ1) is 21.7. The van der Waals surface area contributed by atoms with Crippen LogP contribution in [0.2, 0.25) is 0 Å². The van der Waals surface area contributed by atoms with E-state index in [9.17, 15) is 17.6 Å². The number of para-hydroxylation sites is 1. The van der Waals surface area contributed by atoms with E-state index in [1.165, 1.54) is 12.1 Å². The number of anilines is 1. The zero-order valence-electron chi connectivity index (χ0n) is 16.0. The van der Waals surface area contributed by atoms with Crippen LogP contribution < -0.4 is 14.9 Å². The molecule has 1 fully saturated rings. The van der Waals surface area contributed by atoms with Crippen molar-refractivity contribution in [3.63, 3.8) is 0 Å². The summed E-state index contributed by atoms with van der Waals surface area (Å²) in [6, 6.07) is 9.95. The Bertz CT molecular complexity index is 898. The average molecular weight is 441 g/mol. The number of carbonyl (C=O) groups excluding carboxylic acids is 1. The van der Waals surface area contributed by atoms with Gasteiger partial charge in [0.25, 0.3) is 10.0 Å². The molecule has 1 aromatic carbocycles. The molecule has 1 amide bonds. The number of rotatable bonds is 9. The van der Waals surface area contributed by atoms with Crippen molar-refractivity contribution in [2.45, 2.75) is 10.6 Å². The van der Waals surface area contributed by atoms with Gasteiger partial charge in [-0.1, -0.05) is 18.2 Å². The molecular formula is C19H25FN4O3S2. The van der Waals surface area contributed by atoms with Gasteiger partial charge in [-0.25, -0.2) is 17.5 Å². The molecule has 7 nitrogen and oxygen atoms in total. The van der Waals surface area contributed by atoms with Crippen molar-refractivity contribution in [3.8, 4) is 0 Å². The second kappa shape index (κ2) is 10.1. The minimum Gasteiger partial charge on any atom is -0.367 e. The molecule has 2 N–H and O–H groups in total. The Morgan fingerprint density at radius 2 is 1.86 bits per heavy atom. The van der Waals surface area contributed by atoms with Crippen molar-refractivity contribution in [2.75, 3.05) is 50.7 Å². The van der Waals surface area contributed by atoms with Crippen molar-refractivity contribution in [2.24, 2.45) is 0 Å². The molecule has 0 bridgehead atoms. The van der Waals surface area contributed by atoms with Crippen molar-refractivity contribution < 1.29 is 17.6 Å². The fraction of sp³-hybridized carbons (Fsp3) is 0.421. The summed E-state index contributed by atoms with van der Waals surface area (Å²) < 4.78 is 40.3. The third-order valence-electron chi connectivity index (χ3n) is 4.72. The van der Waals surface area contributed by atoms with Gasteiger partial charge in [-0.2, -0.15) is 0 Å². The molecule has 1 aliphatic rings. The number of sulfonamides is 1. The maximum atomic E-state index is 13.9. The van der Waals surface area contributed by atoms with Gasteiger partial charge in [0.2, 0.25) is 5.91 Å². The predicted octanol–water partition coefficient (Wildman–Crippen LogP) is 1.49. The lowest BCUT2D eigenvalue weighted by atomic mass is 10.2. The Morgan fingerprint density at radius 3 is 2.55 bits per heavy atom. The van der Waals surface area contributed by atoms with Crippen LogP contribution in [0.5, 0.6) is 0 Å². The Kier molecular flexibility index (Phi) is 7.59. The number of halogens is 1. The van der Waals surface area contributed by atoms with E-state index in [0.717, 1.165) is 50.5 Å². The van der Waals surface area contributed by atoms with E-state index < -0.39 is 10.0 Å². The summed E-state index contributed by atoms with van der Waals surface area (Å²) in [4.78, 5) is 16.2. The molecule has 29 heavy (non-hydrogen) atoms. The maximum Gasteiger partial charge on any atom is 0.250 e. The van der Waals surface area contributed by atoms with E-state index in [0.29, 0.717) is 12.2 Å². The van der Waals surface area contributed by atoms with Crippen molar-refractivity contribution in [1.82, 2.24) is 14.9 Å². The van der Waals surface area contributed by atoms with Crippen LogP contribution in [0.25, 0.3) is 0 Å². The van der Waals surface area contributed by atoms with Crippen LogP contribution in [-0.4, -0.2) is 65.0 Å². The Labute approximate surface area is 174 Å². The van der Waals surface area contributed by atoms with Crippen LogP contribution in [0.4, 0.5) is 10.1 Å². The lowest BCUT2D eigenvalue weighted by Gasteiger charge is -2.36. The number of hydrogen-bond donors (Lipinski definition) is 2. The highest BCUT2D eigenvalue weighted by Gasteiger charge is 2.19. The highest BCUT2D eigenvalue weighted by Crippen LogP contribution is 2.20. The molecule has 1 aromatic heterocycles. The Balaban J connectivity index is 1.30. The van der Waals surface area contributed by atoms with E-state index in [1.54, 1.807) is 23.6 Å². The van der Waals surface area contributed by atoms with E-state index >= 15 is 0 Å². The summed E-state index contributed by atoms with van der Waals surface area (Å²) in [5, 5.41) is 4.40. The minimum atomic E-state index is -3.62. The molecule has 0 radical (unpaired) electrons. The first-order valence-electron chi connectivity index (χ1n) is 9.47. The van der Waals surface area contributed by atoms with Crippen LogP contribution in [0.15, 0.2) is 46.0 Å². The van der Waals surface area contributed by atoms with Gasteiger partial charge in [-0.15, -0.1) is 11.3 Å². The van der Waals surface area contributed by atoms with Crippen LogP contribution in [0.3, 0.4) is 0 Å². The summed E-state index contributed by atoms with van der Waals surface area (Å²) >= 11 is 1.11. The monoisotopic (exact) mass is 440 g/mol. The molecule has 3 rings (SSSR count). The second-order valence-electron chi connectivity index (χ2n) is 6.74. The lowest BCUT2D eigenvalue weighted by molar-refractivity contribution is -0.119. The number of hydrogen-bond acceptors (Lipinski definition) is 6. The number of benzene rings is 1. The quantitative estimate of drug-likeness (QED) is 0.578. The maximum absolute atomic E-state index is 13.9. The van der Waals surface area contributed by atoms with E-state index in [2.05, 4.69) is 14.9 Å². The van der Waals surface area contributed by atoms with Gasteiger partial charge in [-0.05, 0) is 36.5 Å². The summed E-state index contributed by atoms with van der Waals surface area (Å²) in [6.07, 6.45) is 0.767. The van der Waals surface area contributed by atoms with Gasteiger partial charge in [0, 0.05) is 32.7 Å². The SMILES string of the molecule is O=C(CNS(=O)(=O)c1cccs1)NCCCN1CCN(c2ccccc2F)CC1. The highest BCUT2D eigenvalue weighted by atomic mass is 32.2. The predicted molar refractivity (Wildman–Crippen MR) is 112 cm³/mol. The summed E-state index contributed by atoms with van der Waals surface area (Å²) in [7, 11) is -3.62. The largest absolute Gasteiger partial charge is 0.367 e. The fourth-order valence-corrected chi connectivity index (χ4v) is 5.18. The van der Waals surface area contributed by atoms with E-state index in [-0.39, 0.29) is 22.5 Å². The van der Waals surface area contributed by atoms with Gasteiger partial charge in [0.1, 0.15) is 10.0 Å². The smallest absolute Gasteiger partial charge is 0.250 e. The number of carbonyl (C=O) groups is 1. The van der Waals surface area contributed by atoms with Crippen LogP contribution >= 0.6 is 11.3 Å². The minimum absolute atomic E-state index is 0.194. The first-order chi connectivity index (χ1) is 14.0. The molecule has 0 atom stereocenters. The number of nitrogens with zero attached hydrogens (tertiary/aromatic N) is 2. The van der Waals surface area contributed by atoms with Gasteiger partial charge >= 0.3 is 0 Å². The average Bonchev–Trinajstić information content (AvgIpc) is 3.27. The number of nitrogens with one attached hydrogen (secondary N) is 2. The van der Waals surface area contributed by atoms with Crippen LogP contribution in [0, 0.1) is 5.82 Å². The first-order valence-corrected chi connectivity index (χ1v) is 11.8. The number of thiophene rings is 1. The van der Waals surface area contributed by atoms with Crippen molar-refractivity contribution in [3.05, 3.63) is 47.6 Å². The third-order valence-corrected chi connectivity index (χ3v) is 7.52. The molecule has 0 spiro atoms. The lowest BCUT2D eigenvalue weighted by Crippen LogP contribution is -2.47. The third kappa shape index (κ3) is 6.23. The van der Waals surface area contributed by atoms with Gasteiger partial charge in [0.05, 0.1) is 12.2 Å². The number of amides is 1. The molecule has 158 valence electrons. The zero-order valence-corrected chi connectivity index (χ0v) is 17.6. The molecule has 0 aliphatic carbocycles. The molecular weight excluding hydrogens is 415 g/mol. The molecule has 0 saturated carbocycles. The number of piperazine rings is 1. The van der Waals surface area contributed by atoms with Gasteiger partial charge in [0.15, 0.2) is 0 Å². The molecule has 2 heterocycles. The summed E-state index contributed by atoms with van der Waals surface area (Å²) in [5.41, 5.74) is 0.643. The highest BCUT2D eigenvalue weighted by molar-refractivity contribution is 7.91. The zero-order chi connectivity index (χ0) is 20.7. The molecule has 10 heteroatoms. The second-order valence-corrected chi connectivity index (χ2v) is 9.68. The molecule has 1 saturated heterocycles. The van der Waals surface area contributed by atoms with Crippen LogP contribution in [0.1, 0.15) is 6.42 Å². The molecule has 1 aliphatic heterocycles. The molecule has 2 aromatic rings. The van der Waals surface area contributed by atoms with Gasteiger partial charge < -0.3 is 10.2 Å². The van der Waals surface area contributed by atoms with E-state index in [1.807, 2.05) is 11.0 Å². The van der Waals surface area contributed by atoms with Crippen LogP contribution in [-0.2, 0) is 14.8 Å². The van der Waals surface area contributed by atoms with Crippen molar-refractivity contribution in [1.29, 1.82) is 0 Å². The fourth-order valence-electron chi connectivity index (χ4n) is 3.16. The summed E-state index contributed by atoms with van der Waals surface area (Å²) in [5.74, 6) is -0.548. The van der Waals surface area contributed by atoms with E-state index in [4.69, 9.17) is 0 Å². The topological polar surface area (TPSA) is 81.7 Å². The van der Waals surface area contributed by atoms with Gasteiger partial charge in [-0.3, -0.25) is 9.69 Å².